The Morgan fingerprint density at radius 3 is 2.20 bits per heavy atom. The van der Waals surface area contributed by atoms with E-state index >= 15 is 0 Å². The molecule has 7 heteroatoms. The van der Waals surface area contributed by atoms with Gasteiger partial charge in [0.2, 0.25) is 0 Å². The molecule has 0 amide bonds. The maximum atomic E-state index is 14.3. The Morgan fingerprint density at radius 1 is 0.920 bits per heavy atom. The third-order valence-electron chi connectivity index (χ3n) is 3.64. The summed E-state index contributed by atoms with van der Waals surface area (Å²) >= 11 is 12.1. The standard InChI is InChI=1S/C18H12Cl2FNO2S/c1-25(23,24)18-3-2-11(8-17(18)21)16-10-22-5-4-15(16)12-6-13(19)9-14(20)7-12/h2-10H,1H3. The van der Waals surface area contributed by atoms with Crippen LogP contribution in [0.5, 0.6) is 0 Å². The summed E-state index contributed by atoms with van der Waals surface area (Å²) < 4.78 is 37.4. The van der Waals surface area contributed by atoms with Gasteiger partial charge in [0.05, 0.1) is 0 Å². The molecule has 3 rings (SSSR count). The minimum Gasteiger partial charge on any atom is -0.264 e. The average molecular weight is 396 g/mol. The van der Waals surface area contributed by atoms with Crippen LogP contribution in [-0.4, -0.2) is 19.7 Å². The van der Waals surface area contributed by atoms with E-state index in [1.807, 2.05) is 0 Å². The van der Waals surface area contributed by atoms with Crippen LogP contribution < -0.4 is 0 Å². The van der Waals surface area contributed by atoms with Crippen LogP contribution in [-0.2, 0) is 9.84 Å². The fraction of sp³-hybridized carbons (Fsp3) is 0.0556. The molecule has 1 aromatic heterocycles. The summed E-state index contributed by atoms with van der Waals surface area (Å²) in [6.07, 6.45) is 4.16. The van der Waals surface area contributed by atoms with Crippen molar-refractivity contribution in [3.05, 3.63) is 70.7 Å². The Hall–Kier alpha value is -1.95. The fourth-order valence-corrected chi connectivity index (χ4v) is 3.81. The molecule has 0 aliphatic rings. The Morgan fingerprint density at radius 2 is 1.60 bits per heavy atom. The van der Waals surface area contributed by atoms with Gasteiger partial charge in [0.15, 0.2) is 9.84 Å². The van der Waals surface area contributed by atoms with Crippen LogP contribution in [0.25, 0.3) is 22.3 Å². The summed E-state index contributed by atoms with van der Waals surface area (Å²) in [4.78, 5) is 3.75. The average Bonchev–Trinajstić information content (AvgIpc) is 2.52. The molecular weight excluding hydrogens is 384 g/mol. The van der Waals surface area contributed by atoms with Gasteiger partial charge in [-0.05, 0) is 53.1 Å². The van der Waals surface area contributed by atoms with Crippen molar-refractivity contribution in [1.29, 1.82) is 0 Å². The second kappa shape index (κ2) is 6.75. The molecule has 0 unspecified atom stereocenters. The number of hydrogen-bond acceptors (Lipinski definition) is 3. The SMILES string of the molecule is CS(=O)(=O)c1ccc(-c2cnccc2-c2cc(Cl)cc(Cl)c2)cc1F. The summed E-state index contributed by atoms with van der Waals surface area (Å²) in [6.45, 7) is 0. The van der Waals surface area contributed by atoms with E-state index in [0.717, 1.165) is 17.4 Å². The summed E-state index contributed by atoms with van der Waals surface area (Å²) in [6, 6.07) is 10.9. The number of hydrogen-bond donors (Lipinski definition) is 0. The molecule has 0 atom stereocenters. The van der Waals surface area contributed by atoms with E-state index in [-0.39, 0.29) is 4.90 Å². The van der Waals surface area contributed by atoms with Crippen molar-refractivity contribution in [2.75, 3.05) is 6.26 Å². The second-order valence-corrected chi connectivity index (χ2v) is 8.35. The predicted octanol–water partition coefficient (Wildman–Crippen LogP) is 5.27. The molecule has 128 valence electrons. The van der Waals surface area contributed by atoms with Gasteiger partial charge < -0.3 is 0 Å². The first kappa shape index (κ1) is 17.9. The zero-order valence-corrected chi connectivity index (χ0v) is 15.3. The van der Waals surface area contributed by atoms with Crippen LogP contribution in [0.4, 0.5) is 4.39 Å². The maximum Gasteiger partial charge on any atom is 0.178 e. The first-order valence-electron chi connectivity index (χ1n) is 7.16. The van der Waals surface area contributed by atoms with Gasteiger partial charge in [0.25, 0.3) is 0 Å². The largest absolute Gasteiger partial charge is 0.264 e. The Labute approximate surface area is 155 Å². The molecule has 0 fully saturated rings. The third-order valence-corrected chi connectivity index (χ3v) is 5.20. The van der Waals surface area contributed by atoms with Gasteiger partial charge in [0.1, 0.15) is 10.7 Å². The number of halogens is 3. The van der Waals surface area contributed by atoms with Crippen LogP contribution in [0.15, 0.2) is 59.8 Å². The lowest BCUT2D eigenvalue weighted by Crippen LogP contribution is -2.01. The zero-order chi connectivity index (χ0) is 18.2. The highest BCUT2D eigenvalue weighted by molar-refractivity contribution is 7.90. The van der Waals surface area contributed by atoms with E-state index in [4.69, 9.17) is 23.2 Å². The quantitative estimate of drug-likeness (QED) is 0.606. The summed E-state index contributed by atoms with van der Waals surface area (Å²) in [5.74, 6) is -0.807. The molecule has 25 heavy (non-hydrogen) atoms. The summed E-state index contributed by atoms with van der Waals surface area (Å²) in [5.41, 5.74) is 2.65. The second-order valence-electron chi connectivity index (χ2n) is 5.50. The monoisotopic (exact) mass is 395 g/mol. The molecule has 3 aromatic rings. The normalized spacial score (nSPS) is 11.5. The van der Waals surface area contributed by atoms with Gasteiger partial charge in [-0.2, -0.15) is 0 Å². The highest BCUT2D eigenvalue weighted by Gasteiger charge is 2.16. The van der Waals surface area contributed by atoms with Crippen molar-refractivity contribution >= 4 is 33.0 Å². The lowest BCUT2D eigenvalue weighted by Gasteiger charge is -2.11. The van der Waals surface area contributed by atoms with Crippen molar-refractivity contribution in [2.45, 2.75) is 4.90 Å². The van der Waals surface area contributed by atoms with E-state index in [9.17, 15) is 12.8 Å². The topological polar surface area (TPSA) is 47.0 Å². The lowest BCUT2D eigenvalue weighted by molar-refractivity contribution is 0.571. The van der Waals surface area contributed by atoms with Gasteiger partial charge >= 0.3 is 0 Å². The van der Waals surface area contributed by atoms with Gasteiger partial charge in [-0.25, -0.2) is 12.8 Å². The van der Waals surface area contributed by atoms with Crippen LogP contribution in [0, 0.1) is 5.82 Å². The van der Waals surface area contributed by atoms with Crippen molar-refractivity contribution in [3.63, 3.8) is 0 Å². The highest BCUT2D eigenvalue weighted by Crippen LogP contribution is 2.35. The number of benzene rings is 2. The molecule has 0 N–H and O–H groups in total. The highest BCUT2D eigenvalue weighted by atomic mass is 35.5. The molecule has 0 bridgehead atoms. The van der Waals surface area contributed by atoms with Crippen molar-refractivity contribution in [2.24, 2.45) is 0 Å². The van der Waals surface area contributed by atoms with Crippen molar-refractivity contribution in [1.82, 2.24) is 4.98 Å². The summed E-state index contributed by atoms with van der Waals surface area (Å²) in [7, 11) is -3.63. The van der Waals surface area contributed by atoms with E-state index in [1.165, 1.54) is 12.1 Å². The smallest absolute Gasteiger partial charge is 0.178 e. The Kier molecular flexibility index (Phi) is 4.82. The van der Waals surface area contributed by atoms with E-state index in [1.54, 1.807) is 42.7 Å². The van der Waals surface area contributed by atoms with E-state index in [0.29, 0.717) is 21.2 Å². The molecule has 0 saturated carbocycles. The number of nitrogens with zero attached hydrogens (tertiary/aromatic N) is 1. The van der Waals surface area contributed by atoms with Crippen molar-refractivity contribution < 1.29 is 12.8 Å². The molecule has 0 radical (unpaired) electrons. The van der Waals surface area contributed by atoms with E-state index < -0.39 is 15.7 Å². The van der Waals surface area contributed by atoms with Gasteiger partial charge in [-0.15, -0.1) is 0 Å². The minimum absolute atomic E-state index is 0.340. The van der Waals surface area contributed by atoms with Crippen molar-refractivity contribution in [3.8, 4) is 22.3 Å². The predicted molar refractivity (Wildman–Crippen MR) is 98.2 cm³/mol. The molecule has 0 saturated heterocycles. The maximum absolute atomic E-state index is 14.3. The molecule has 2 aromatic carbocycles. The van der Waals surface area contributed by atoms with Crippen LogP contribution in [0.1, 0.15) is 0 Å². The lowest BCUT2D eigenvalue weighted by atomic mass is 9.96. The van der Waals surface area contributed by atoms with Gasteiger partial charge in [0, 0.05) is 34.3 Å². The van der Waals surface area contributed by atoms with Gasteiger partial charge in [-0.3, -0.25) is 4.98 Å². The number of sulfone groups is 1. The molecular formula is C18H12Cl2FNO2S. The molecule has 0 aliphatic carbocycles. The first-order chi connectivity index (χ1) is 11.8. The Balaban J connectivity index is 2.18. The molecule has 1 heterocycles. The number of rotatable bonds is 3. The summed E-state index contributed by atoms with van der Waals surface area (Å²) in [5, 5.41) is 0.952. The molecule has 0 aliphatic heterocycles. The van der Waals surface area contributed by atoms with Crippen LogP contribution >= 0.6 is 23.2 Å². The van der Waals surface area contributed by atoms with Gasteiger partial charge in [-0.1, -0.05) is 29.3 Å². The van der Waals surface area contributed by atoms with Crippen LogP contribution in [0.3, 0.4) is 0 Å². The molecule has 3 nitrogen and oxygen atoms in total. The first-order valence-corrected chi connectivity index (χ1v) is 9.81. The fourth-order valence-electron chi connectivity index (χ4n) is 2.55. The number of aromatic nitrogens is 1. The minimum atomic E-state index is -3.63. The Bertz CT molecular complexity index is 1050. The third kappa shape index (κ3) is 3.84. The zero-order valence-electron chi connectivity index (χ0n) is 13.0. The van der Waals surface area contributed by atoms with Crippen LogP contribution in [0.2, 0.25) is 10.0 Å². The number of pyridine rings is 1. The molecule has 0 spiro atoms. The van der Waals surface area contributed by atoms with E-state index in [2.05, 4.69) is 4.98 Å².